The Labute approximate surface area is 110 Å². The molecule has 84 valence electrons. The van der Waals surface area contributed by atoms with Crippen LogP contribution in [0.2, 0.25) is 5.15 Å². The van der Waals surface area contributed by atoms with Gasteiger partial charge in [-0.15, -0.1) is 10.2 Å². The van der Waals surface area contributed by atoms with Crippen molar-refractivity contribution in [3.63, 3.8) is 0 Å². The Balaban J connectivity index is 2.24. The lowest BCUT2D eigenvalue weighted by atomic mass is 10.2. The van der Waals surface area contributed by atoms with E-state index in [-0.39, 0.29) is 0 Å². The molecule has 17 heavy (non-hydrogen) atoms. The zero-order valence-corrected chi connectivity index (χ0v) is 10.9. The molecule has 6 heteroatoms. The minimum absolute atomic E-state index is 0.408. The predicted molar refractivity (Wildman–Crippen MR) is 68.9 cm³/mol. The number of aromatic nitrogens is 4. The fraction of sp³-hybridized carbons (Fsp3) is 0. The molecule has 0 amide bonds. The van der Waals surface area contributed by atoms with E-state index in [0.717, 1.165) is 15.9 Å². The zero-order chi connectivity index (χ0) is 11.8. The van der Waals surface area contributed by atoms with Crippen molar-refractivity contribution in [3.05, 3.63) is 46.3 Å². The molecule has 2 aromatic heterocycles. The summed E-state index contributed by atoms with van der Waals surface area (Å²) in [5.74, 6) is 0.741. The molecule has 0 fully saturated rings. The summed E-state index contributed by atoms with van der Waals surface area (Å²) in [6, 6.07) is 9.53. The van der Waals surface area contributed by atoms with Gasteiger partial charge in [0.05, 0.1) is 0 Å². The van der Waals surface area contributed by atoms with Gasteiger partial charge in [-0.05, 0) is 12.1 Å². The highest BCUT2D eigenvalue weighted by Gasteiger charge is 2.08. The fourth-order valence-corrected chi connectivity index (χ4v) is 2.14. The summed E-state index contributed by atoms with van der Waals surface area (Å²) in [6.45, 7) is 0. The first-order valence-electron chi connectivity index (χ1n) is 4.86. The van der Waals surface area contributed by atoms with Gasteiger partial charge in [0.1, 0.15) is 11.5 Å². The second kappa shape index (κ2) is 4.09. The van der Waals surface area contributed by atoms with Crippen LogP contribution in [0.4, 0.5) is 0 Å². The lowest BCUT2D eigenvalue weighted by Crippen LogP contribution is -1.91. The van der Waals surface area contributed by atoms with Gasteiger partial charge in [0.15, 0.2) is 11.5 Å². The number of rotatable bonds is 1. The third kappa shape index (κ3) is 1.92. The van der Waals surface area contributed by atoms with Crippen molar-refractivity contribution in [2.75, 3.05) is 0 Å². The molecule has 0 aliphatic rings. The van der Waals surface area contributed by atoms with Crippen LogP contribution in [0, 0.1) is 0 Å². The van der Waals surface area contributed by atoms with Crippen molar-refractivity contribution < 1.29 is 0 Å². The third-order valence-corrected chi connectivity index (χ3v) is 3.05. The Hall–Kier alpha value is -1.46. The number of hydrogen-bond donors (Lipinski definition) is 0. The van der Waals surface area contributed by atoms with E-state index in [0.29, 0.717) is 10.8 Å². The van der Waals surface area contributed by atoms with Crippen molar-refractivity contribution in [2.24, 2.45) is 0 Å². The first kappa shape index (κ1) is 10.7. The first-order chi connectivity index (χ1) is 8.24. The van der Waals surface area contributed by atoms with E-state index in [1.807, 2.05) is 24.3 Å². The van der Waals surface area contributed by atoms with Crippen molar-refractivity contribution in [3.8, 4) is 11.4 Å². The molecule has 0 aliphatic carbocycles. The fourth-order valence-electron chi connectivity index (χ4n) is 1.60. The average molecular weight is 310 g/mol. The minimum Gasteiger partial charge on any atom is -0.265 e. The minimum atomic E-state index is 0.408. The maximum atomic E-state index is 5.80. The average Bonchev–Trinajstić information content (AvgIpc) is 2.71. The number of fused-ring (bicyclic) bond motifs is 1. The van der Waals surface area contributed by atoms with E-state index >= 15 is 0 Å². The molecular weight excluding hydrogens is 304 g/mol. The number of hydrogen-bond acceptors (Lipinski definition) is 3. The van der Waals surface area contributed by atoms with Gasteiger partial charge in [0, 0.05) is 16.1 Å². The van der Waals surface area contributed by atoms with Crippen LogP contribution in [0.1, 0.15) is 0 Å². The van der Waals surface area contributed by atoms with E-state index in [1.54, 1.807) is 16.8 Å². The Morgan fingerprint density at radius 3 is 2.88 bits per heavy atom. The van der Waals surface area contributed by atoms with Gasteiger partial charge in [-0.3, -0.25) is 4.40 Å². The molecule has 1 aromatic carbocycles. The second-order valence-electron chi connectivity index (χ2n) is 3.47. The Morgan fingerprint density at radius 1 is 1.18 bits per heavy atom. The molecular formula is C11H6BrClN4. The van der Waals surface area contributed by atoms with Crippen LogP contribution < -0.4 is 0 Å². The van der Waals surface area contributed by atoms with Crippen LogP contribution in [0.3, 0.4) is 0 Å². The van der Waals surface area contributed by atoms with Crippen LogP contribution in [-0.2, 0) is 0 Å². The normalized spacial score (nSPS) is 10.9. The Bertz CT molecular complexity index is 695. The largest absolute Gasteiger partial charge is 0.265 e. The van der Waals surface area contributed by atoms with E-state index in [2.05, 4.69) is 31.1 Å². The van der Waals surface area contributed by atoms with Crippen molar-refractivity contribution >= 4 is 33.2 Å². The lowest BCUT2D eigenvalue weighted by Gasteiger charge is -2.00. The number of halogens is 2. The van der Waals surface area contributed by atoms with Gasteiger partial charge in [-0.2, -0.15) is 0 Å². The summed E-state index contributed by atoms with van der Waals surface area (Å²) in [5, 5.41) is 8.61. The maximum absolute atomic E-state index is 5.80. The monoisotopic (exact) mass is 308 g/mol. The smallest absolute Gasteiger partial charge is 0.169 e. The second-order valence-corrected chi connectivity index (χ2v) is 4.78. The summed E-state index contributed by atoms with van der Waals surface area (Å²) in [7, 11) is 0. The van der Waals surface area contributed by atoms with Crippen molar-refractivity contribution in [1.82, 2.24) is 19.6 Å². The van der Waals surface area contributed by atoms with Gasteiger partial charge in [-0.1, -0.05) is 39.7 Å². The van der Waals surface area contributed by atoms with Crippen molar-refractivity contribution in [2.45, 2.75) is 0 Å². The van der Waals surface area contributed by atoms with Crippen molar-refractivity contribution in [1.29, 1.82) is 0 Å². The molecule has 0 unspecified atom stereocenters. The molecule has 0 bridgehead atoms. The van der Waals surface area contributed by atoms with Gasteiger partial charge in [-0.25, -0.2) is 4.98 Å². The summed E-state index contributed by atoms with van der Waals surface area (Å²) >= 11 is 9.23. The van der Waals surface area contributed by atoms with Crippen LogP contribution in [0.15, 0.2) is 41.1 Å². The third-order valence-electron chi connectivity index (χ3n) is 2.35. The van der Waals surface area contributed by atoms with Gasteiger partial charge < -0.3 is 0 Å². The van der Waals surface area contributed by atoms with Gasteiger partial charge >= 0.3 is 0 Å². The molecule has 0 saturated carbocycles. The molecule has 3 rings (SSSR count). The van der Waals surface area contributed by atoms with Gasteiger partial charge in [0.2, 0.25) is 0 Å². The predicted octanol–water partition coefficient (Wildman–Crippen LogP) is 3.21. The first-order valence-corrected chi connectivity index (χ1v) is 6.03. The molecule has 0 aliphatic heterocycles. The van der Waals surface area contributed by atoms with Crippen LogP contribution in [0.5, 0.6) is 0 Å². The Kier molecular flexibility index (Phi) is 2.57. The Morgan fingerprint density at radius 2 is 2.06 bits per heavy atom. The molecule has 3 aromatic rings. The maximum Gasteiger partial charge on any atom is 0.169 e. The van der Waals surface area contributed by atoms with E-state index in [4.69, 9.17) is 11.6 Å². The zero-order valence-electron chi connectivity index (χ0n) is 8.51. The van der Waals surface area contributed by atoms with E-state index in [1.165, 1.54) is 0 Å². The van der Waals surface area contributed by atoms with Crippen LogP contribution in [0.25, 0.3) is 17.0 Å². The SMILES string of the molecule is Clc1cc2nnc(-c3cccc(Br)c3)n2cn1. The molecule has 0 N–H and O–H groups in total. The number of nitrogens with zero attached hydrogens (tertiary/aromatic N) is 4. The molecule has 0 spiro atoms. The summed E-state index contributed by atoms with van der Waals surface area (Å²) < 4.78 is 2.79. The van der Waals surface area contributed by atoms with E-state index < -0.39 is 0 Å². The molecule has 2 heterocycles. The summed E-state index contributed by atoms with van der Waals surface area (Å²) in [4.78, 5) is 4.02. The molecule has 0 atom stereocenters. The molecule has 0 saturated heterocycles. The lowest BCUT2D eigenvalue weighted by molar-refractivity contribution is 1.08. The highest BCUT2D eigenvalue weighted by atomic mass is 79.9. The standard InChI is InChI=1S/C11H6BrClN4/c12-8-3-1-2-7(4-8)11-16-15-10-5-9(13)14-6-17(10)11/h1-6H. The highest BCUT2D eigenvalue weighted by molar-refractivity contribution is 9.10. The molecule has 4 nitrogen and oxygen atoms in total. The quantitative estimate of drug-likeness (QED) is 0.648. The van der Waals surface area contributed by atoms with Gasteiger partial charge in [0.25, 0.3) is 0 Å². The summed E-state index contributed by atoms with van der Waals surface area (Å²) in [6.07, 6.45) is 1.62. The topological polar surface area (TPSA) is 43.1 Å². The van der Waals surface area contributed by atoms with Crippen LogP contribution in [-0.4, -0.2) is 19.6 Å². The number of benzene rings is 1. The highest BCUT2D eigenvalue weighted by Crippen LogP contribution is 2.22. The van der Waals surface area contributed by atoms with Crippen LogP contribution >= 0.6 is 27.5 Å². The molecule has 0 radical (unpaired) electrons. The summed E-state index contributed by atoms with van der Waals surface area (Å²) in [5.41, 5.74) is 1.65. The van der Waals surface area contributed by atoms with E-state index in [9.17, 15) is 0 Å².